The van der Waals surface area contributed by atoms with E-state index in [1.54, 1.807) is 17.3 Å². The lowest BCUT2D eigenvalue weighted by Gasteiger charge is -2.24. The Morgan fingerprint density at radius 1 is 1.20 bits per heavy atom. The Labute approximate surface area is 177 Å². The molecule has 1 amide bonds. The van der Waals surface area contributed by atoms with Crippen LogP contribution in [0.5, 0.6) is 0 Å². The fourth-order valence-corrected chi connectivity index (χ4v) is 4.42. The first kappa shape index (κ1) is 20.8. The monoisotopic (exact) mass is 410 g/mol. The summed E-state index contributed by atoms with van der Waals surface area (Å²) in [6.45, 7) is 7.47. The van der Waals surface area contributed by atoms with Crippen LogP contribution in [0.15, 0.2) is 39.8 Å². The zero-order valence-electron chi connectivity index (χ0n) is 17.6. The van der Waals surface area contributed by atoms with Gasteiger partial charge < -0.3 is 14.6 Å². The number of nitrogens with one attached hydrogen (secondary N) is 1. The van der Waals surface area contributed by atoms with Crippen LogP contribution in [0.2, 0.25) is 0 Å². The van der Waals surface area contributed by atoms with E-state index < -0.39 is 5.63 Å². The number of aromatic nitrogens is 1. The Hall–Kier alpha value is -2.51. The van der Waals surface area contributed by atoms with Gasteiger partial charge in [0.1, 0.15) is 11.3 Å². The van der Waals surface area contributed by atoms with Crippen molar-refractivity contribution in [2.45, 2.75) is 38.6 Å². The average molecular weight is 411 g/mol. The van der Waals surface area contributed by atoms with E-state index in [-0.39, 0.29) is 17.4 Å². The summed E-state index contributed by atoms with van der Waals surface area (Å²) in [5.74, 6) is 0.690. The van der Waals surface area contributed by atoms with Gasteiger partial charge in [-0.2, -0.15) is 0 Å². The van der Waals surface area contributed by atoms with Crippen molar-refractivity contribution in [1.82, 2.24) is 20.1 Å². The Bertz CT molecular complexity index is 922. The molecule has 2 saturated heterocycles. The fraction of sp³-hybridized carbons (Fsp3) is 0.522. The number of piperidine rings is 1. The molecule has 2 aliphatic rings. The van der Waals surface area contributed by atoms with E-state index in [0.29, 0.717) is 18.8 Å². The summed E-state index contributed by atoms with van der Waals surface area (Å²) in [5.41, 5.74) is 1.62. The molecule has 160 valence electrons. The molecule has 0 aliphatic carbocycles. The van der Waals surface area contributed by atoms with E-state index in [4.69, 9.17) is 4.42 Å². The van der Waals surface area contributed by atoms with Crippen LogP contribution in [0.1, 0.15) is 52.4 Å². The third-order valence-corrected chi connectivity index (χ3v) is 6.11. The van der Waals surface area contributed by atoms with Gasteiger partial charge in [-0.3, -0.25) is 14.7 Å². The molecule has 7 heteroatoms. The fourth-order valence-electron chi connectivity index (χ4n) is 4.42. The summed E-state index contributed by atoms with van der Waals surface area (Å²) in [6.07, 6.45) is 6.56. The molecule has 0 aromatic carbocycles. The second-order valence-corrected chi connectivity index (χ2v) is 8.31. The first-order valence-corrected chi connectivity index (χ1v) is 10.9. The molecule has 1 N–H and O–H groups in total. The van der Waals surface area contributed by atoms with Gasteiger partial charge in [0, 0.05) is 57.6 Å². The van der Waals surface area contributed by atoms with Crippen molar-refractivity contribution in [3.8, 4) is 0 Å². The molecular formula is C23H30N4O3. The van der Waals surface area contributed by atoms with Gasteiger partial charge in [0.15, 0.2) is 0 Å². The summed E-state index contributed by atoms with van der Waals surface area (Å²) >= 11 is 0. The van der Waals surface area contributed by atoms with Crippen molar-refractivity contribution in [2.75, 3.05) is 39.3 Å². The van der Waals surface area contributed by atoms with Crippen molar-refractivity contribution < 1.29 is 9.21 Å². The van der Waals surface area contributed by atoms with E-state index in [0.717, 1.165) is 57.5 Å². The molecule has 1 unspecified atom stereocenters. The van der Waals surface area contributed by atoms with Gasteiger partial charge in [0.2, 0.25) is 0 Å². The van der Waals surface area contributed by atoms with Crippen molar-refractivity contribution in [2.24, 2.45) is 0 Å². The molecular weight excluding hydrogens is 380 g/mol. The maximum absolute atomic E-state index is 13.2. The molecule has 0 spiro atoms. The smallest absolute Gasteiger partial charge is 0.349 e. The molecule has 4 rings (SSSR count). The summed E-state index contributed by atoms with van der Waals surface area (Å²) in [5, 5.41) is 3.34. The molecule has 4 heterocycles. The summed E-state index contributed by atoms with van der Waals surface area (Å²) in [6, 6.07) is 5.93. The summed E-state index contributed by atoms with van der Waals surface area (Å²) < 4.78 is 5.61. The first-order chi connectivity index (χ1) is 14.6. The number of nitrogens with zero attached hydrogens (tertiary/aromatic N) is 3. The van der Waals surface area contributed by atoms with Gasteiger partial charge in [0.05, 0.1) is 0 Å². The van der Waals surface area contributed by atoms with Crippen LogP contribution >= 0.6 is 0 Å². The predicted octanol–water partition coefficient (Wildman–Crippen LogP) is 2.16. The number of rotatable bonds is 4. The molecule has 2 aromatic rings. The Balaban J connectivity index is 1.44. The Morgan fingerprint density at radius 3 is 2.77 bits per heavy atom. The zero-order valence-corrected chi connectivity index (χ0v) is 17.6. The topological polar surface area (TPSA) is 78.7 Å². The zero-order chi connectivity index (χ0) is 20.9. The van der Waals surface area contributed by atoms with Crippen LogP contribution in [0.25, 0.3) is 0 Å². The first-order valence-electron chi connectivity index (χ1n) is 10.9. The lowest BCUT2D eigenvalue weighted by molar-refractivity contribution is 0.0755. The second-order valence-electron chi connectivity index (χ2n) is 8.31. The lowest BCUT2D eigenvalue weighted by Crippen LogP contribution is -2.38. The standard InChI is InChI=1S/C23H30N4O3/c1-17-14-20(19-4-2-7-25-15-19)30-23(29)21(17)22(28)27-11-3-10-26(12-13-27)16-18-5-8-24-9-6-18/h5-6,8-9,14,19,25H,2-4,7,10-13,15-16H2,1H3. The van der Waals surface area contributed by atoms with Gasteiger partial charge in [-0.25, -0.2) is 4.79 Å². The molecule has 7 nitrogen and oxygen atoms in total. The molecule has 0 bridgehead atoms. The number of hydrogen-bond donors (Lipinski definition) is 1. The van der Waals surface area contributed by atoms with Gasteiger partial charge in [-0.15, -0.1) is 0 Å². The van der Waals surface area contributed by atoms with E-state index >= 15 is 0 Å². The van der Waals surface area contributed by atoms with Crippen LogP contribution in [0.4, 0.5) is 0 Å². The van der Waals surface area contributed by atoms with E-state index in [1.165, 1.54) is 5.56 Å². The third-order valence-electron chi connectivity index (χ3n) is 6.11. The number of carbonyl (C=O) groups is 1. The Kier molecular flexibility index (Phi) is 6.59. The molecule has 2 aromatic heterocycles. The lowest BCUT2D eigenvalue weighted by atomic mass is 9.95. The average Bonchev–Trinajstić information content (AvgIpc) is 3.00. The number of aryl methyl sites for hydroxylation is 1. The van der Waals surface area contributed by atoms with E-state index in [9.17, 15) is 9.59 Å². The molecule has 2 aliphatic heterocycles. The molecule has 2 fully saturated rings. The highest BCUT2D eigenvalue weighted by Crippen LogP contribution is 2.24. The Morgan fingerprint density at radius 2 is 2.03 bits per heavy atom. The summed E-state index contributed by atoms with van der Waals surface area (Å²) in [7, 11) is 0. The number of amides is 1. The van der Waals surface area contributed by atoms with Crippen molar-refractivity contribution in [1.29, 1.82) is 0 Å². The van der Waals surface area contributed by atoms with E-state index in [1.807, 2.05) is 25.1 Å². The van der Waals surface area contributed by atoms with Crippen LogP contribution in [-0.4, -0.2) is 60.0 Å². The second kappa shape index (κ2) is 9.53. The van der Waals surface area contributed by atoms with Gasteiger partial charge in [-0.1, -0.05) is 0 Å². The molecule has 0 radical (unpaired) electrons. The maximum Gasteiger partial charge on any atom is 0.349 e. The molecule has 0 saturated carbocycles. The van der Waals surface area contributed by atoms with E-state index in [2.05, 4.69) is 15.2 Å². The quantitative estimate of drug-likeness (QED) is 0.832. The van der Waals surface area contributed by atoms with Crippen molar-refractivity contribution in [3.63, 3.8) is 0 Å². The van der Waals surface area contributed by atoms with Crippen LogP contribution in [-0.2, 0) is 6.54 Å². The van der Waals surface area contributed by atoms with Crippen LogP contribution in [0, 0.1) is 6.92 Å². The number of hydrogen-bond acceptors (Lipinski definition) is 6. The minimum absolute atomic E-state index is 0.185. The van der Waals surface area contributed by atoms with Gasteiger partial charge in [0.25, 0.3) is 5.91 Å². The third kappa shape index (κ3) is 4.79. The molecule has 1 atom stereocenters. The maximum atomic E-state index is 13.2. The highest BCUT2D eigenvalue weighted by atomic mass is 16.4. The van der Waals surface area contributed by atoms with Gasteiger partial charge in [-0.05, 0) is 62.1 Å². The highest BCUT2D eigenvalue weighted by Gasteiger charge is 2.27. The number of carbonyl (C=O) groups excluding carboxylic acids is 1. The highest BCUT2D eigenvalue weighted by molar-refractivity contribution is 5.95. The SMILES string of the molecule is Cc1cc(C2CCCNC2)oc(=O)c1C(=O)N1CCCN(Cc2ccncc2)CC1. The largest absolute Gasteiger partial charge is 0.427 e. The normalized spacial score (nSPS) is 20.7. The number of pyridine rings is 1. The minimum Gasteiger partial charge on any atom is -0.427 e. The molecule has 30 heavy (non-hydrogen) atoms. The minimum atomic E-state index is -0.501. The summed E-state index contributed by atoms with van der Waals surface area (Å²) in [4.78, 5) is 34.1. The van der Waals surface area contributed by atoms with Crippen LogP contribution in [0.3, 0.4) is 0 Å². The van der Waals surface area contributed by atoms with Crippen LogP contribution < -0.4 is 10.9 Å². The predicted molar refractivity (Wildman–Crippen MR) is 115 cm³/mol. The van der Waals surface area contributed by atoms with Crippen molar-refractivity contribution >= 4 is 5.91 Å². The van der Waals surface area contributed by atoms with Gasteiger partial charge >= 0.3 is 5.63 Å². The van der Waals surface area contributed by atoms with Crippen molar-refractivity contribution in [3.05, 3.63) is 63.5 Å².